The molecular formula is C8H15N. The minimum atomic E-state index is 0.888. The largest absolute Gasteiger partial charge is 0.298 e. The van der Waals surface area contributed by atoms with Gasteiger partial charge in [0.15, 0.2) is 0 Å². The van der Waals surface area contributed by atoms with E-state index in [2.05, 4.69) is 18.7 Å². The monoisotopic (exact) mass is 125 g/mol. The second-order valence-corrected chi connectivity index (χ2v) is 3.48. The number of likely N-dealkylation sites (tertiary alicyclic amines) is 1. The predicted molar refractivity (Wildman–Crippen MR) is 38.4 cm³/mol. The van der Waals surface area contributed by atoms with Crippen LogP contribution in [-0.4, -0.2) is 23.5 Å². The molecular weight excluding hydrogens is 110 g/mol. The van der Waals surface area contributed by atoms with E-state index in [1.54, 1.807) is 0 Å². The van der Waals surface area contributed by atoms with E-state index in [4.69, 9.17) is 0 Å². The molecule has 3 atom stereocenters. The van der Waals surface area contributed by atoms with Gasteiger partial charge in [-0.3, -0.25) is 4.90 Å². The predicted octanol–water partition coefficient (Wildman–Crippen LogP) is 1.49. The second-order valence-electron chi connectivity index (χ2n) is 3.48. The standard InChI is InChI=1S/C8H15N/c1-3-9-6(2)4-7-5-8(7)9/h6-8H,3-5H2,1-2H3. The number of rotatable bonds is 1. The molecule has 1 saturated heterocycles. The average Bonchev–Trinajstić information content (AvgIpc) is 2.45. The second kappa shape index (κ2) is 1.72. The first-order valence-electron chi connectivity index (χ1n) is 4.08. The summed E-state index contributed by atoms with van der Waals surface area (Å²) in [6, 6.07) is 1.89. The zero-order chi connectivity index (χ0) is 6.43. The van der Waals surface area contributed by atoms with Crippen molar-refractivity contribution in [2.24, 2.45) is 5.92 Å². The Labute approximate surface area is 57.0 Å². The number of hydrogen-bond acceptors (Lipinski definition) is 1. The molecule has 3 unspecified atom stereocenters. The quantitative estimate of drug-likeness (QED) is 0.513. The van der Waals surface area contributed by atoms with Crippen LogP contribution in [0.4, 0.5) is 0 Å². The maximum absolute atomic E-state index is 2.64. The van der Waals surface area contributed by atoms with Gasteiger partial charge < -0.3 is 0 Å². The summed E-state index contributed by atoms with van der Waals surface area (Å²) in [6.07, 6.45) is 2.97. The molecule has 1 aliphatic heterocycles. The summed E-state index contributed by atoms with van der Waals surface area (Å²) >= 11 is 0. The highest BCUT2D eigenvalue weighted by Gasteiger charge is 2.49. The Hall–Kier alpha value is -0.0400. The molecule has 0 aromatic carbocycles. The van der Waals surface area contributed by atoms with Crippen LogP contribution in [0.1, 0.15) is 26.7 Å². The average molecular weight is 125 g/mol. The lowest BCUT2D eigenvalue weighted by molar-refractivity contribution is 0.244. The van der Waals surface area contributed by atoms with Crippen molar-refractivity contribution in [3.8, 4) is 0 Å². The van der Waals surface area contributed by atoms with Gasteiger partial charge in [0.05, 0.1) is 0 Å². The van der Waals surface area contributed by atoms with Crippen LogP contribution in [0, 0.1) is 5.92 Å². The number of hydrogen-bond donors (Lipinski definition) is 0. The van der Waals surface area contributed by atoms with Crippen molar-refractivity contribution >= 4 is 0 Å². The molecule has 2 aliphatic rings. The zero-order valence-electron chi connectivity index (χ0n) is 6.30. The molecule has 52 valence electrons. The van der Waals surface area contributed by atoms with Gasteiger partial charge in [-0.05, 0) is 32.2 Å². The van der Waals surface area contributed by atoms with Gasteiger partial charge in [0.2, 0.25) is 0 Å². The number of piperidine rings is 1. The summed E-state index contributed by atoms with van der Waals surface area (Å²) in [5.74, 6) is 1.10. The van der Waals surface area contributed by atoms with Crippen LogP contribution in [0.2, 0.25) is 0 Å². The normalized spacial score (nSPS) is 49.3. The molecule has 1 saturated carbocycles. The topological polar surface area (TPSA) is 3.24 Å². The zero-order valence-corrected chi connectivity index (χ0v) is 6.30. The van der Waals surface area contributed by atoms with Crippen molar-refractivity contribution in [2.45, 2.75) is 38.8 Å². The smallest absolute Gasteiger partial charge is 0.0131 e. The third-order valence-corrected chi connectivity index (χ3v) is 2.89. The van der Waals surface area contributed by atoms with Crippen molar-refractivity contribution in [2.75, 3.05) is 6.54 Å². The van der Waals surface area contributed by atoms with E-state index in [-0.39, 0.29) is 0 Å². The fraction of sp³-hybridized carbons (Fsp3) is 1.00. The minimum absolute atomic E-state index is 0.888. The summed E-state index contributed by atoms with van der Waals surface area (Å²) < 4.78 is 0. The maximum Gasteiger partial charge on any atom is 0.0131 e. The van der Waals surface area contributed by atoms with E-state index >= 15 is 0 Å². The summed E-state index contributed by atoms with van der Waals surface area (Å²) in [5, 5.41) is 0. The highest BCUT2D eigenvalue weighted by Crippen LogP contribution is 2.47. The lowest BCUT2D eigenvalue weighted by Gasteiger charge is -2.21. The van der Waals surface area contributed by atoms with Gasteiger partial charge in [-0.15, -0.1) is 0 Å². The summed E-state index contributed by atoms with van der Waals surface area (Å²) in [4.78, 5) is 2.64. The Morgan fingerprint density at radius 2 is 2.22 bits per heavy atom. The third kappa shape index (κ3) is 0.710. The fourth-order valence-corrected chi connectivity index (χ4v) is 2.34. The number of nitrogens with zero attached hydrogens (tertiary/aromatic N) is 1. The minimum Gasteiger partial charge on any atom is -0.298 e. The molecule has 1 heterocycles. The molecule has 0 aromatic rings. The van der Waals surface area contributed by atoms with Crippen LogP contribution < -0.4 is 0 Å². The first kappa shape index (κ1) is 5.72. The first-order chi connectivity index (χ1) is 4.33. The van der Waals surface area contributed by atoms with Gasteiger partial charge in [-0.2, -0.15) is 0 Å². The molecule has 0 bridgehead atoms. The molecule has 2 fully saturated rings. The van der Waals surface area contributed by atoms with Gasteiger partial charge >= 0.3 is 0 Å². The molecule has 1 nitrogen and oxygen atoms in total. The highest BCUT2D eigenvalue weighted by atomic mass is 15.2. The summed E-state index contributed by atoms with van der Waals surface area (Å²) in [5.41, 5.74) is 0. The third-order valence-electron chi connectivity index (χ3n) is 2.89. The van der Waals surface area contributed by atoms with Crippen LogP contribution in [0.5, 0.6) is 0 Å². The van der Waals surface area contributed by atoms with Crippen LogP contribution in [-0.2, 0) is 0 Å². The van der Waals surface area contributed by atoms with Crippen molar-refractivity contribution in [3.63, 3.8) is 0 Å². The fourth-order valence-electron chi connectivity index (χ4n) is 2.34. The Kier molecular flexibility index (Phi) is 1.10. The van der Waals surface area contributed by atoms with Gasteiger partial charge in [0.1, 0.15) is 0 Å². The van der Waals surface area contributed by atoms with Crippen molar-refractivity contribution in [1.29, 1.82) is 0 Å². The van der Waals surface area contributed by atoms with Crippen LogP contribution in [0.3, 0.4) is 0 Å². The van der Waals surface area contributed by atoms with E-state index in [0.29, 0.717) is 0 Å². The molecule has 9 heavy (non-hydrogen) atoms. The van der Waals surface area contributed by atoms with Crippen molar-refractivity contribution in [3.05, 3.63) is 0 Å². The molecule has 1 aliphatic carbocycles. The van der Waals surface area contributed by atoms with E-state index < -0.39 is 0 Å². The SMILES string of the molecule is CCN1C(C)CC2CC21. The Bertz CT molecular complexity index is 120. The van der Waals surface area contributed by atoms with E-state index in [0.717, 1.165) is 18.0 Å². The molecule has 0 N–H and O–H groups in total. The molecule has 0 radical (unpaired) electrons. The first-order valence-corrected chi connectivity index (χ1v) is 4.08. The Morgan fingerprint density at radius 1 is 1.44 bits per heavy atom. The molecule has 2 rings (SSSR count). The Morgan fingerprint density at radius 3 is 2.56 bits per heavy atom. The maximum atomic E-state index is 2.64. The van der Waals surface area contributed by atoms with Gasteiger partial charge in [-0.25, -0.2) is 0 Å². The lowest BCUT2D eigenvalue weighted by atomic mass is 10.2. The van der Waals surface area contributed by atoms with Crippen LogP contribution in [0.25, 0.3) is 0 Å². The van der Waals surface area contributed by atoms with Crippen LogP contribution in [0.15, 0.2) is 0 Å². The van der Waals surface area contributed by atoms with E-state index in [9.17, 15) is 0 Å². The van der Waals surface area contributed by atoms with Gasteiger partial charge in [-0.1, -0.05) is 6.92 Å². The summed E-state index contributed by atoms with van der Waals surface area (Å²) in [6.45, 7) is 5.90. The highest BCUT2D eigenvalue weighted by molar-refractivity contribution is 5.03. The lowest BCUT2D eigenvalue weighted by Crippen LogP contribution is -2.29. The molecule has 0 amide bonds. The van der Waals surface area contributed by atoms with E-state index in [1.807, 2.05) is 0 Å². The van der Waals surface area contributed by atoms with Crippen molar-refractivity contribution < 1.29 is 0 Å². The molecule has 0 spiro atoms. The summed E-state index contributed by atoms with van der Waals surface area (Å²) in [7, 11) is 0. The Balaban J connectivity index is 2.02. The van der Waals surface area contributed by atoms with E-state index in [1.165, 1.54) is 19.4 Å². The van der Waals surface area contributed by atoms with Crippen LogP contribution >= 0.6 is 0 Å². The van der Waals surface area contributed by atoms with Gasteiger partial charge in [0.25, 0.3) is 0 Å². The molecule has 0 aromatic heterocycles. The van der Waals surface area contributed by atoms with Gasteiger partial charge in [0, 0.05) is 12.1 Å². The molecule has 1 heteroatoms. The number of fused-ring (bicyclic) bond motifs is 1. The van der Waals surface area contributed by atoms with Crippen molar-refractivity contribution in [1.82, 2.24) is 4.90 Å².